The lowest BCUT2D eigenvalue weighted by molar-refractivity contribution is 0.303. The molecule has 0 saturated heterocycles. The molecule has 0 radical (unpaired) electrons. The van der Waals surface area contributed by atoms with Gasteiger partial charge < -0.3 is 20.3 Å². The summed E-state index contributed by atoms with van der Waals surface area (Å²) in [6.45, 7) is 1.60. The van der Waals surface area contributed by atoms with E-state index in [4.69, 9.17) is 17.0 Å². The average Bonchev–Trinajstić information content (AvgIpc) is 3.09. The van der Waals surface area contributed by atoms with Gasteiger partial charge in [0.05, 0.1) is 13.2 Å². The SMILES string of the molecule is COc1ccc(CCNC(=S)NCC(c2cccs2)N(C)C)cc1. The van der Waals surface area contributed by atoms with E-state index < -0.39 is 0 Å². The summed E-state index contributed by atoms with van der Waals surface area (Å²) >= 11 is 7.16. The van der Waals surface area contributed by atoms with Gasteiger partial charge in [0, 0.05) is 18.0 Å². The van der Waals surface area contributed by atoms with Gasteiger partial charge in [-0.15, -0.1) is 11.3 Å². The molecule has 0 bridgehead atoms. The predicted octanol–water partition coefficient (Wildman–Crippen LogP) is 3.07. The molecular formula is C18H25N3OS2. The second kappa shape index (κ2) is 9.61. The molecule has 0 spiro atoms. The van der Waals surface area contributed by atoms with Crippen LogP contribution in [0.2, 0.25) is 0 Å². The number of nitrogens with one attached hydrogen (secondary N) is 2. The number of hydrogen-bond acceptors (Lipinski definition) is 4. The summed E-state index contributed by atoms with van der Waals surface area (Å²) in [7, 11) is 5.86. The third-order valence-corrected chi connectivity index (χ3v) is 5.07. The molecule has 0 aliphatic rings. The van der Waals surface area contributed by atoms with E-state index in [9.17, 15) is 0 Å². The highest BCUT2D eigenvalue weighted by atomic mass is 32.1. The molecule has 4 nitrogen and oxygen atoms in total. The largest absolute Gasteiger partial charge is 0.497 e. The Morgan fingerprint density at radius 3 is 2.54 bits per heavy atom. The van der Waals surface area contributed by atoms with Crippen molar-refractivity contribution < 1.29 is 4.74 Å². The van der Waals surface area contributed by atoms with Crippen LogP contribution in [0.1, 0.15) is 16.5 Å². The Morgan fingerprint density at radius 1 is 1.21 bits per heavy atom. The molecular weight excluding hydrogens is 338 g/mol. The maximum atomic E-state index is 5.39. The standard InChI is InChI=1S/C18H25N3OS2/c1-21(2)16(17-5-4-12-24-17)13-20-18(23)19-11-10-14-6-8-15(22-3)9-7-14/h4-9,12,16H,10-11,13H2,1-3H3,(H2,19,20,23). The van der Waals surface area contributed by atoms with Crippen LogP contribution in [0.15, 0.2) is 41.8 Å². The third-order valence-electron chi connectivity index (χ3n) is 3.81. The second-order valence-corrected chi connectivity index (χ2v) is 7.12. The molecule has 130 valence electrons. The molecule has 0 amide bonds. The highest BCUT2D eigenvalue weighted by molar-refractivity contribution is 7.80. The van der Waals surface area contributed by atoms with Gasteiger partial charge in [0.25, 0.3) is 0 Å². The van der Waals surface area contributed by atoms with Crippen molar-refractivity contribution in [1.82, 2.24) is 15.5 Å². The van der Waals surface area contributed by atoms with Crippen molar-refractivity contribution in [2.75, 3.05) is 34.3 Å². The van der Waals surface area contributed by atoms with Crippen molar-refractivity contribution in [3.63, 3.8) is 0 Å². The molecule has 0 saturated carbocycles. The van der Waals surface area contributed by atoms with E-state index in [-0.39, 0.29) is 0 Å². The molecule has 2 N–H and O–H groups in total. The van der Waals surface area contributed by atoms with Crippen molar-refractivity contribution in [3.8, 4) is 5.75 Å². The molecule has 2 rings (SSSR count). The first kappa shape index (κ1) is 18.7. The van der Waals surface area contributed by atoms with Crippen LogP contribution in [0.4, 0.5) is 0 Å². The van der Waals surface area contributed by atoms with Crippen LogP contribution in [0.25, 0.3) is 0 Å². The lowest BCUT2D eigenvalue weighted by Crippen LogP contribution is -2.40. The summed E-state index contributed by atoms with van der Waals surface area (Å²) in [6, 6.07) is 12.7. The summed E-state index contributed by atoms with van der Waals surface area (Å²) in [5.74, 6) is 0.882. The van der Waals surface area contributed by atoms with Gasteiger partial charge in [-0.2, -0.15) is 0 Å². The van der Waals surface area contributed by atoms with Gasteiger partial charge in [-0.3, -0.25) is 0 Å². The number of rotatable bonds is 8. The normalized spacial score (nSPS) is 12.0. The number of ether oxygens (including phenoxy) is 1. The summed E-state index contributed by atoms with van der Waals surface area (Å²) in [5.41, 5.74) is 1.26. The average molecular weight is 364 g/mol. The molecule has 6 heteroatoms. The van der Waals surface area contributed by atoms with E-state index in [2.05, 4.69) is 59.3 Å². The molecule has 2 aromatic rings. The van der Waals surface area contributed by atoms with Crippen LogP contribution in [-0.2, 0) is 6.42 Å². The fourth-order valence-corrected chi connectivity index (χ4v) is 3.49. The lowest BCUT2D eigenvalue weighted by atomic mass is 10.1. The summed E-state index contributed by atoms with van der Waals surface area (Å²) in [5, 5.41) is 9.40. The monoisotopic (exact) mass is 363 g/mol. The number of hydrogen-bond donors (Lipinski definition) is 2. The van der Waals surface area contributed by atoms with E-state index in [0.717, 1.165) is 25.3 Å². The minimum atomic E-state index is 0.325. The van der Waals surface area contributed by atoms with Crippen molar-refractivity contribution in [2.45, 2.75) is 12.5 Å². The van der Waals surface area contributed by atoms with Crippen LogP contribution in [-0.4, -0.2) is 44.3 Å². The fourth-order valence-electron chi connectivity index (χ4n) is 2.38. The van der Waals surface area contributed by atoms with Crippen molar-refractivity contribution in [3.05, 3.63) is 52.2 Å². The van der Waals surface area contributed by atoms with E-state index in [1.807, 2.05) is 12.1 Å². The van der Waals surface area contributed by atoms with Gasteiger partial charge in [0.1, 0.15) is 5.75 Å². The van der Waals surface area contributed by atoms with E-state index in [1.54, 1.807) is 18.4 Å². The highest BCUT2D eigenvalue weighted by Gasteiger charge is 2.15. The number of thiocarbonyl (C=S) groups is 1. The first-order chi connectivity index (χ1) is 11.6. The molecule has 1 atom stereocenters. The molecule has 24 heavy (non-hydrogen) atoms. The van der Waals surface area contributed by atoms with Crippen molar-refractivity contribution in [1.29, 1.82) is 0 Å². The van der Waals surface area contributed by atoms with Gasteiger partial charge >= 0.3 is 0 Å². The smallest absolute Gasteiger partial charge is 0.166 e. The van der Waals surface area contributed by atoms with Gasteiger partial charge in [-0.25, -0.2) is 0 Å². The van der Waals surface area contributed by atoms with Crippen LogP contribution in [0.3, 0.4) is 0 Å². The zero-order chi connectivity index (χ0) is 17.4. The summed E-state index contributed by atoms with van der Waals surface area (Å²) in [6.07, 6.45) is 0.924. The molecule has 1 unspecified atom stereocenters. The number of benzene rings is 1. The maximum absolute atomic E-state index is 5.39. The maximum Gasteiger partial charge on any atom is 0.166 e. The van der Waals surface area contributed by atoms with Gasteiger partial charge in [-0.05, 0) is 61.9 Å². The minimum Gasteiger partial charge on any atom is -0.497 e. The van der Waals surface area contributed by atoms with Crippen molar-refractivity contribution >= 4 is 28.7 Å². The van der Waals surface area contributed by atoms with Crippen LogP contribution >= 0.6 is 23.6 Å². The Kier molecular flexibility index (Phi) is 7.49. The molecule has 0 fully saturated rings. The second-order valence-electron chi connectivity index (χ2n) is 5.73. The summed E-state index contributed by atoms with van der Waals surface area (Å²) < 4.78 is 5.17. The molecule has 1 heterocycles. The Labute approximate surface area is 153 Å². The number of nitrogens with zero attached hydrogens (tertiary/aromatic N) is 1. The quantitative estimate of drug-likeness (QED) is 0.705. The topological polar surface area (TPSA) is 36.5 Å². The molecule has 1 aromatic heterocycles. The van der Waals surface area contributed by atoms with E-state index in [1.165, 1.54) is 10.4 Å². The molecule has 0 aliphatic carbocycles. The lowest BCUT2D eigenvalue weighted by Gasteiger charge is -2.24. The zero-order valence-corrected chi connectivity index (χ0v) is 16.0. The predicted molar refractivity (Wildman–Crippen MR) is 106 cm³/mol. The fraction of sp³-hybridized carbons (Fsp3) is 0.389. The van der Waals surface area contributed by atoms with Gasteiger partial charge in [-0.1, -0.05) is 18.2 Å². The summed E-state index contributed by atoms with van der Waals surface area (Å²) in [4.78, 5) is 3.55. The Hall–Kier alpha value is -1.63. The van der Waals surface area contributed by atoms with Crippen molar-refractivity contribution in [2.24, 2.45) is 0 Å². The number of thiophene rings is 1. The van der Waals surface area contributed by atoms with Crippen LogP contribution in [0, 0.1) is 0 Å². The van der Waals surface area contributed by atoms with E-state index in [0.29, 0.717) is 11.2 Å². The van der Waals surface area contributed by atoms with E-state index >= 15 is 0 Å². The Balaban J connectivity index is 1.72. The van der Waals surface area contributed by atoms with Crippen LogP contribution in [0.5, 0.6) is 5.75 Å². The highest BCUT2D eigenvalue weighted by Crippen LogP contribution is 2.22. The van der Waals surface area contributed by atoms with Crippen LogP contribution < -0.4 is 15.4 Å². The first-order valence-corrected chi connectivity index (χ1v) is 9.23. The first-order valence-electron chi connectivity index (χ1n) is 7.94. The molecule has 1 aromatic carbocycles. The minimum absolute atomic E-state index is 0.325. The Bertz CT molecular complexity index is 612. The zero-order valence-electron chi connectivity index (χ0n) is 14.4. The van der Waals surface area contributed by atoms with Gasteiger partial charge in [0.15, 0.2) is 5.11 Å². The Morgan fingerprint density at radius 2 is 1.96 bits per heavy atom. The third kappa shape index (κ3) is 5.78. The number of methoxy groups -OCH3 is 1. The molecule has 0 aliphatic heterocycles. The number of likely N-dealkylation sites (N-methyl/N-ethyl adjacent to an activating group) is 1. The van der Waals surface area contributed by atoms with Gasteiger partial charge in [0.2, 0.25) is 0 Å².